The maximum absolute atomic E-state index is 13.2. The van der Waals surface area contributed by atoms with Crippen LogP contribution in [-0.4, -0.2) is 25.2 Å². The minimum absolute atomic E-state index is 0.121. The highest BCUT2D eigenvalue weighted by Gasteiger charge is 2.34. The van der Waals surface area contributed by atoms with Crippen LogP contribution in [0.3, 0.4) is 0 Å². The Morgan fingerprint density at radius 2 is 1.42 bits per heavy atom. The molecule has 0 aliphatic rings. The fraction of sp³-hybridized carbons (Fsp3) is 0.136. The molecule has 1 N–H and O–H groups in total. The fourth-order valence-corrected chi connectivity index (χ4v) is 4.60. The summed E-state index contributed by atoms with van der Waals surface area (Å²) in [7, 11) is -4.19. The molecule has 1 amide bonds. The van der Waals surface area contributed by atoms with Crippen LogP contribution in [0.15, 0.2) is 77.7 Å². The van der Waals surface area contributed by atoms with Crippen molar-refractivity contribution in [3.8, 4) is 0 Å². The van der Waals surface area contributed by atoms with Gasteiger partial charge in [0, 0.05) is 16.6 Å². The van der Waals surface area contributed by atoms with E-state index in [4.69, 9.17) is 23.2 Å². The highest BCUT2D eigenvalue weighted by atomic mass is 35.5. The molecule has 0 heterocycles. The summed E-state index contributed by atoms with van der Waals surface area (Å²) in [6.07, 6.45) is -4.69. The second-order valence-electron chi connectivity index (χ2n) is 6.95. The van der Waals surface area contributed by atoms with E-state index in [-0.39, 0.29) is 11.4 Å². The lowest BCUT2D eigenvalue weighted by molar-refractivity contribution is -0.137. The average molecular weight is 517 g/mol. The Morgan fingerprint density at radius 3 is 2.00 bits per heavy atom. The first kappa shape index (κ1) is 25.0. The lowest BCUT2D eigenvalue weighted by atomic mass is 10.1. The van der Waals surface area contributed by atoms with Crippen LogP contribution in [0.4, 0.5) is 18.9 Å². The molecule has 5 nitrogen and oxygen atoms in total. The average Bonchev–Trinajstić information content (AvgIpc) is 2.74. The van der Waals surface area contributed by atoms with E-state index in [1.54, 1.807) is 24.3 Å². The number of nitrogens with zero attached hydrogens (tertiary/aromatic N) is 1. The van der Waals surface area contributed by atoms with Crippen LogP contribution >= 0.6 is 23.2 Å². The van der Waals surface area contributed by atoms with Crippen LogP contribution in [0.2, 0.25) is 10.0 Å². The lowest BCUT2D eigenvalue weighted by Crippen LogP contribution is -2.37. The number of rotatable bonds is 7. The van der Waals surface area contributed by atoms with Crippen molar-refractivity contribution in [2.45, 2.75) is 17.6 Å². The molecule has 11 heteroatoms. The van der Waals surface area contributed by atoms with Crippen molar-refractivity contribution >= 4 is 44.8 Å². The van der Waals surface area contributed by atoms with E-state index in [2.05, 4.69) is 5.32 Å². The Hall–Kier alpha value is -2.59. The number of hydrogen-bond acceptors (Lipinski definition) is 3. The van der Waals surface area contributed by atoms with Gasteiger partial charge in [0.15, 0.2) is 0 Å². The second-order valence-corrected chi connectivity index (χ2v) is 9.76. The number of alkyl halides is 3. The molecule has 0 saturated heterocycles. The van der Waals surface area contributed by atoms with E-state index in [9.17, 15) is 26.4 Å². The van der Waals surface area contributed by atoms with E-state index >= 15 is 0 Å². The van der Waals surface area contributed by atoms with Crippen molar-refractivity contribution in [1.29, 1.82) is 0 Å². The number of halogens is 5. The van der Waals surface area contributed by atoms with Crippen molar-refractivity contribution in [3.05, 3.63) is 94.0 Å². The van der Waals surface area contributed by atoms with Crippen molar-refractivity contribution in [3.63, 3.8) is 0 Å². The number of amides is 1. The van der Waals surface area contributed by atoms with Gasteiger partial charge < -0.3 is 5.32 Å². The molecule has 3 rings (SSSR count). The maximum atomic E-state index is 13.2. The number of anilines is 1. The maximum Gasteiger partial charge on any atom is 0.418 e. The summed E-state index contributed by atoms with van der Waals surface area (Å²) in [4.78, 5) is 12.5. The van der Waals surface area contributed by atoms with E-state index in [0.717, 1.165) is 16.4 Å². The molecule has 3 aromatic carbocycles. The number of benzene rings is 3. The van der Waals surface area contributed by atoms with Crippen molar-refractivity contribution in [2.75, 3.05) is 11.9 Å². The van der Waals surface area contributed by atoms with E-state index in [1.807, 2.05) is 0 Å². The molecular weight excluding hydrogens is 500 g/mol. The predicted octanol–water partition coefficient (Wildman–Crippen LogP) is 5.84. The summed E-state index contributed by atoms with van der Waals surface area (Å²) in [6, 6.07) is 16.1. The zero-order chi connectivity index (χ0) is 24.2. The van der Waals surface area contributed by atoms with Gasteiger partial charge >= 0.3 is 6.18 Å². The topological polar surface area (TPSA) is 66.5 Å². The van der Waals surface area contributed by atoms with Crippen molar-refractivity contribution in [1.82, 2.24) is 4.31 Å². The predicted molar refractivity (Wildman–Crippen MR) is 121 cm³/mol. The third kappa shape index (κ3) is 6.48. The van der Waals surface area contributed by atoms with Gasteiger partial charge in [0.1, 0.15) is 0 Å². The molecule has 0 bridgehead atoms. The van der Waals surface area contributed by atoms with Gasteiger partial charge in [-0.2, -0.15) is 17.5 Å². The molecule has 0 spiro atoms. The van der Waals surface area contributed by atoms with Crippen molar-refractivity contribution < 1.29 is 26.4 Å². The van der Waals surface area contributed by atoms with Crippen LogP contribution in [0, 0.1) is 0 Å². The summed E-state index contributed by atoms with van der Waals surface area (Å²) >= 11 is 11.7. The smallest absolute Gasteiger partial charge is 0.324 e. The van der Waals surface area contributed by atoms with Gasteiger partial charge in [-0.05, 0) is 54.1 Å². The van der Waals surface area contributed by atoms with E-state index in [1.165, 1.54) is 36.4 Å². The highest BCUT2D eigenvalue weighted by molar-refractivity contribution is 7.89. The number of hydrogen-bond donors (Lipinski definition) is 1. The number of para-hydroxylation sites is 1. The number of nitrogens with one attached hydrogen (secondary N) is 1. The molecule has 0 atom stereocenters. The summed E-state index contributed by atoms with van der Waals surface area (Å²) in [6.45, 7) is -0.934. The Morgan fingerprint density at radius 1 is 0.879 bits per heavy atom. The molecule has 0 aromatic heterocycles. The molecule has 0 saturated carbocycles. The third-order valence-corrected chi connectivity index (χ3v) is 6.86. The van der Waals surface area contributed by atoms with Gasteiger partial charge in [-0.3, -0.25) is 4.79 Å². The molecular formula is C22H17Cl2F3N2O3S. The molecule has 0 unspecified atom stereocenters. The van der Waals surface area contributed by atoms with Gasteiger partial charge in [-0.25, -0.2) is 8.42 Å². The first-order valence-corrected chi connectivity index (χ1v) is 11.6. The third-order valence-electron chi connectivity index (χ3n) is 4.55. The standard InChI is InChI=1S/C22H17Cl2F3N2O3S/c23-16-7-5-15(6-8-16)13-29(33(31,32)18-11-9-17(24)10-12-18)14-21(30)28-20-4-2-1-3-19(20)22(25,26)27/h1-12H,13-14H2,(H,28,30). The largest absolute Gasteiger partial charge is 0.418 e. The quantitative estimate of drug-likeness (QED) is 0.428. The second kappa shape index (κ2) is 10.1. The van der Waals surface area contributed by atoms with Crippen LogP contribution in [0.1, 0.15) is 11.1 Å². The Balaban J connectivity index is 1.90. The van der Waals surface area contributed by atoms with Crippen LogP contribution in [0.25, 0.3) is 0 Å². The first-order valence-electron chi connectivity index (χ1n) is 9.43. The zero-order valence-corrected chi connectivity index (χ0v) is 19.1. The molecule has 3 aromatic rings. The van der Waals surface area contributed by atoms with E-state index in [0.29, 0.717) is 15.6 Å². The summed E-state index contributed by atoms with van der Waals surface area (Å²) in [5, 5.41) is 2.92. The Labute approximate surface area is 198 Å². The minimum Gasteiger partial charge on any atom is -0.324 e. The zero-order valence-electron chi connectivity index (χ0n) is 16.8. The molecule has 0 aliphatic heterocycles. The SMILES string of the molecule is O=C(CN(Cc1ccc(Cl)cc1)S(=O)(=O)c1ccc(Cl)cc1)Nc1ccccc1C(F)(F)F. The minimum atomic E-state index is -4.69. The van der Waals surface area contributed by atoms with Gasteiger partial charge in [0.25, 0.3) is 0 Å². The monoisotopic (exact) mass is 516 g/mol. The van der Waals surface area contributed by atoms with Gasteiger partial charge in [0.2, 0.25) is 15.9 Å². The summed E-state index contributed by atoms with van der Waals surface area (Å²) in [5.41, 5.74) is -0.978. The van der Waals surface area contributed by atoms with Gasteiger partial charge in [-0.1, -0.05) is 47.5 Å². The molecule has 0 radical (unpaired) electrons. The van der Waals surface area contributed by atoms with Crippen LogP contribution in [-0.2, 0) is 27.5 Å². The summed E-state index contributed by atoms with van der Waals surface area (Å²) < 4.78 is 67.1. The molecule has 0 aliphatic carbocycles. The highest BCUT2D eigenvalue weighted by Crippen LogP contribution is 2.34. The first-order chi connectivity index (χ1) is 15.5. The lowest BCUT2D eigenvalue weighted by Gasteiger charge is -2.22. The fourth-order valence-electron chi connectivity index (χ4n) is 2.96. The Bertz CT molecular complexity index is 1230. The van der Waals surface area contributed by atoms with Gasteiger partial charge in [0.05, 0.1) is 22.7 Å². The molecule has 174 valence electrons. The number of carbonyl (C=O) groups is 1. The number of carbonyl (C=O) groups excluding carboxylic acids is 1. The van der Waals surface area contributed by atoms with Gasteiger partial charge in [-0.15, -0.1) is 0 Å². The normalized spacial score (nSPS) is 12.1. The van der Waals surface area contributed by atoms with E-state index < -0.39 is 39.9 Å². The summed E-state index contributed by atoms with van der Waals surface area (Å²) in [5.74, 6) is -0.932. The Kier molecular flexibility index (Phi) is 7.69. The molecule has 0 fully saturated rings. The van der Waals surface area contributed by atoms with Crippen LogP contribution in [0.5, 0.6) is 0 Å². The van der Waals surface area contributed by atoms with Crippen molar-refractivity contribution in [2.24, 2.45) is 0 Å². The molecule has 33 heavy (non-hydrogen) atoms. The van der Waals surface area contributed by atoms with Crippen LogP contribution < -0.4 is 5.32 Å². The number of sulfonamides is 1.